The third-order valence-electron chi connectivity index (χ3n) is 10.9. The van der Waals surface area contributed by atoms with Crippen molar-refractivity contribution in [3.63, 3.8) is 0 Å². The number of para-hydroxylation sites is 1. The number of hydrogen-bond acceptors (Lipinski definition) is 2. The Kier molecular flexibility index (Phi) is 6.89. The first-order valence-electron chi connectivity index (χ1n) is 17.7. The molecule has 51 heavy (non-hydrogen) atoms. The highest BCUT2D eigenvalue weighted by atomic mass is 32.1. The van der Waals surface area contributed by atoms with Crippen LogP contribution in [0.4, 0.5) is 17.1 Å². The largest absolute Gasteiger partial charge is 0.309 e. The first-order valence-corrected chi connectivity index (χ1v) is 21.5. The van der Waals surface area contributed by atoms with E-state index in [1.807, 2.05) is 11.3 Å². The van der Waals surface area contributed by atoms with E-state index in [1.54, 1.807) is 5.19 Å². The molecule has 10 rings (SSSR count). The fraction of sp³-hybridized carbons (Fsp3) is 0.0417. The van der Waals surface area contributed by atoms with Crippen molar-refractivity contribution in [1.82, 2.24) is 0 Å². The van der Waals surface area contributed by atoms with Crippen LogP contribution in [-0.2, 0) is 0 Å². The van der Waals surface area contributed by atoms with Gasteiger partial charge in [-0.1, -0.05) is 159 Å². The standard InChI is InChI=1S/C48H35NSSi/c1-51(2)45-30-28-40-39-22-12-14-24-44(39)50-48(40)47(45)41-26-25-34(31-46(41)51)49(42-23-13-11-19-36(42)33-17-7-4-8-18-33)43-29-27-35(32-15-5-3-6-16-32)37-20-9-10-21-38(37)43/h3-31H,1-2H3. The minimum Gasteiger partial charge on any atom is -0.309 e. The van der Waals surface area contributed by atoms with Gasteiger partial charge < -0.3 is 4.90 Å². The third-order valence-corrected chi connectivity index (χ3v) is 15.6. The summed E-state index contributed by atoms with van der Waals surface area (Å²) in [4.78, 5) is 2.52. The van der Waals surface area contributed by atoms with E-state index < -0.39 is 8.07 Å². The summed E-state index contributed by atoms with van der Waals surface area (Å²) in [7, 11) is -2.03. The predicted molar refractivity (Wildman–Crippen MR) is 225 cm³/mol. The van der Waals surface area contributed by atoms with Gasteiger partial charge in [0.25, 0.3) is 0 Å². The van der Waals surface area contributed by atoms with E-state index >= 15 is 0 Å². The monoisotopic (exact) mass is 685 g/mol. The van der Waals surface area contributed by atoms with Gasteiger partial charge in [-0.25, -0.2) is 0 Å². The van der Waals surface area contributed by atoms with E-state index in [2.05, 4.69) is 194 Å². The molecule has 1 aliphatic rings. The molecule has 9 aromatic rings. The van der Waals surface area contributed by atoms with E-state index in [0.29, 0.717) is 0 Å². The van der Waals surface area contributed by atoms with Crippen LogP contribution in [-0.4, -0.2) is 8.07 Å². The molecule has 0 unspecified atom stereocenters. The first kappa shape index (κ1) is 30.1. The molecule has 1 aromatic heterocycles. The SMILES string of the molecule is C[Si]1(C)c2cc(N(c3ccccc3-c3ccccc3)c3ccc(-c4ccccc4)c4ccccc34)ccc2-c2c1ccc1c2sc2ccccc21. The zero-order valence-corrected chi connectivity index (χ0v) is 30.4. The highest BCUT2D eigenvalue weighted by Gasteiger charge is 2.39. The van der Waals surface area contributed by atoms with Gasteiger partial charge in [0.15, 0.2) is 0 Å². The van der Waals surface area contributed by atoms with Gasteiger partial charge in [0, 0.05) is 36.8 Å². The summed E-state index contributed by atoms with van der Waals surface area (Å²) in [6, 6.07) is 65.0. The molecule has 1 aliphatic heterocycles. The molecule has 3 heteroatoms. The average molecular weight is 686 g/mol. The molecule has 242 valence electrons. The van der Waals surface area contributed by atoms with E-state index in [4.69, 9.17) is 0 Å². The molecule has 8 aromatic carbocycles. The van der Waals surface area contributed by atoms with Gasteiger partial charge in [0.2, 0.25) is 0 Å². The van der Waals surface area contributed by atoms with Crippen molar-refractivity contribution in [2.24, 2.45) is 0 Å². The van der Waals surface area contributed by atoms with Gasteiger partial charge in [-0.2, -0.15) is 0 Å². The van der Waals surface area contributed by atoms with Gasteiger partial charge in [-0.3, -0.25) is 0 Å². The maximum atomic E-state index is 2.53. The Balaban J connectivity index is 1.23. The maximum Gasteiger partial charge on any atom is 0.114 e. The summed E-state index contributed by atoms with van der Waals surface area (Å²) in [5.74, 6) is 0. The second-order valence-electron chi connectivity index (χ2n) is 14.1. The first-order chi connectivity index (χ1) is 25.1. The molecular formula is C48H35NSSi. The second-order valence-corrected chi connectivity index (χ2v) is 19.5. The lowest BCUT2D eigenvalue weighted by Gasteiger charge is -2.30. The van der Waals surface area contributed by atoms with Gasteiger partial charge in [-0.15, -0.1) is 11.3 Å². The molecule has 0 saturated carbocycles. The molecule has 0 fully saturated rings. The Morgan fingerprint density at radius 3 is 1.84 bits per heavy atom. The smallest absolute Gasteiger partial charge is 0.114 e. The molecule has 0 saturated heterocycles. The molecule has 0 bridgehead atoms. The zero-order chi connectivity index (χ0) is 34.1. The van der Waals surface area contributed by atoms with Crippen LogP contribution >= 0.6 is 11.3 Å². The van der Waals surface area contributed by atoms with Crippen LogP contribution in [0.1, 0.15) is 0 Å². The number of hydrogen-bond donors (Lipinski definition) is 0. The number of rotatable bonds is 5. The molecule has 0 aliphatic carbocycles. The molecule has 2 heterocycles. The minimum absolute atomic E-state index is 1.17. The fourth-order valence-corrected chi connectivity index (χ4v) is 12.8. The third kappa shape index (κ3) is 4.66. The van der Waals surface area contributed by atoms with Crippen molar-refractivity contribution < 1.29 is 0 Å². The summed E-state index contributed by atoms with van der Waals surface area (Å²) < 4.78 is 2.79. The molecule has 0 atom stereocenters. The number of fused-ring (bicyclic) bond motifs is 8. The number of anilines is 3. The van der Waals surface area contributed by atoms with Crippen LogP contribution in [0.5, 0.6) is 0 Å². The lowest BCUT2D eigenvalue weighted by molar-refractivity contribution is 1.30. The van der Waals surface area contributed by atoms with Crippen molar-refractivity contribution >= 4 is 77.8 Å². The Hall–Kier alpha value is -5.74. The normalized spacial score (nSPS) is 13.1. The van der Waals surface area contributed by atoms with Crippen molar-refractivity contribution in [3.05, 3.63) is 176 Å². The second kappa shape index (κ2) is 11.7. The van der Waals surface area contributed by atoms with Crippen LogP contribution in [0.25, 0.3) is 64.3 Å². The quantitative estimate of drug-likeness (QED) is 0.163. The van der Waals surface area contributed by atoms with Gasteiger partial charge in [0.1, 0.15) is 8.07 Å². The lowest BCUT2D eigenvalue weighted by Crippen LogP contribution is -2.49. The van der Waals surface area contributed by atoms with Crippen LogP contribution in [0.15, 0.2) is 176 Å². The summed E-state index contributed by atoms with van der Waals surface area (Å²) in [6.45, 7) is 5.07. The van der Waals surface area contributed by atoms with Crippen molar-refractivity contribution in [1.29, 1.82) is 0 Å². The van der Waals surface area contributed by atoms with Gasteiger partial charge in [-0.05, 0) is 73.9 Å². The highest BCUT2D eigenvalue weighted by Crippen LogP contribution is 2.47. The Morgan fingerprint density at radius 2 is 1.06 bits per heavy atom. The predicted octanol–water partition coefficient (Wildman–Crippen LogP) is 12.8. The highest BCUT2D eigenvalue weighted by molar-refractivity contribution is 7.26. The Morgan fingerprint density at radius 1 is 0.431 bits per heavy atom. The van der Waals surface area contributed by atoms with Crippen molar-refractivity contribution in [2.75, 3.05) is 4.90 Å². The van der Waals surface area contributed by atoms with Crippen LogP contribution < -0.4 is 15.3 Å². The number of benzene rings is 8. The number of nitrogens with zero attached hydrogens (tertiary/aromatic N) is 1. The van der Waals surface area contributed by atoms with E-state index in [9.17, 15) is 0 Å². The summed E-state index contributed by atoms with van der Waals surface area (Å²) in [5, 5.41) is 8.27. The minimum atomic E-state index is -2.03. The Bertz CT molecular complexity index is 2780. The van der Waals surface area contributed by atoms with Crippen molar-refractivity contribution in [2.45, 2.75) is 13.1 Å². The zero-order valence-electron chi connectivity index (χ0n) is 28.6. The molecule has 0 radical (unpaired) electrons. The summed E-state index contributed by atoms with van der Waals surface area (Å²) in [5.41, 5.74) is 11.3. The summed E-state index contributed by atoms with van der Waals surface area (Å²) >= 11 is 1.95. The molecule has 0 N–H and O–H groups in total. The lowest BCUT2D eigenvalue weighted by atomic mass is 9.95. The van der Waals surface area contributed by atoms with Gasteiger partial charge >= 0.3 is 0 Å². The topological polar surface area (TPSA) is 3.24 Å². The van der Waals surface area contributed by atoms with Crippen LogP contribution in [0.2, 0.25) is 13.1 Å². The van der Waals surface area contributed by atoms with Crippen molar-refractivity contribution in [3.8, 4) is 33.4 Å². The number of thiophene rings is 1. The molecule has 0 spiro atoms. The molecule has 1 nitrogen and oxygen atoms in total. The van der Waals surface area contributed by atoms with E-state index in [1.165, 1.54) is 86.6 Å². The maximum absolute atomic E-state index is 2.53. The molecule has 0 amide bonds. The van der Waals surface area contributed by atoms with E-state index in [-0.39, 0.29) is 0 Å². The van der Waals surface area contributed by atoms with Crippen LogP contribution in [0, 0.1) is 0 Å². The Labute approximate surface area is 303 Å². The van der Waals surface area contributed by atoms with Crippen LogP contribution in [0.3, 0.4) is 0 Å². The average Bonchev–Trinajstić information content (AvgIpc) is 3.68. The molecular weight excluding hydrogens is 651 g/mol. The fourth-order valence-electron chi connectivity index (χ4n) is 8.41. The van der Waals surface area contributed by atoms with E-state index in [0.717, 1.165) is 0 Å². The van der Waals surface area contributed by atoms with Gasteiger partial charge in [0.05, 0.1) is 11.4 Å². The summed E-state index contributed by atoms with van der Waals surface area (Å²) in [6.07, 6.45) is 0.